The first-order valence-electron chi connectivity index (χ1n) is 15.6. The maximum absolute atomic E-state index is 12.3. The molecule has 2 amide bonds. The van der Waals surface area contributed by atoms with Gasteiger partial charge in [0.2, 0.25) is 11.8 Å². The molecular weight excluding hydrogens is 526 g/mol. The van der Waals surface area contributed by atoms with Gasteiger partial charge in [0, 0.05) is 18.4 Å². The summed E-state index contributed by atoms with van der Waals surface area (Å²) in [6.45, 7) is 2.26. The summed E-state index contributed by atoms with van der Waals surface area (Å²) in [5.41, 5.74) is -0.231. The standard InChI is InChI=1S/C32H51NO6S/c1-2-3-4-5-6-7-8-9-10-11-12-13-14-15-16-17-18-19-20-21-22-27-29(40(37,38)39)24-23-28(34)32(27)33-30(35)25-26-31(33)36/h21-24,34H,2-20,25-26H2,1H3,(H,37,38,39)/b22-21+. The molecule has 1 aromatic carbocycles. The summed E-state index contributed by atoms with van der Waals surface area (Å²) in [7, 11) is -4.62. The lowest BCUT2D eigenvalue weighted by Gasteiger charge is -2.19. The Balaban J connectivity index is 1.62. The number of imide groups is 1. The van der Waals surface area contributed by atoms with Crippen LogP contribution in [-0.4, -0.2) is 29.9 Å². The van der Waals surface area contributed by atoms with Crippen LogP contribution in [0.25, 0.3) is 6.08 Å². The van der Waals surface area contributed by atoms with Crippen molar-refractivity contribution in [1.82, 2.24) is 0 Å². The Morgan fingerprint density at radius 1 is 0.725 bits per heavy atom. The second kappa shape index (κ2) is 19.0. The van der Waals surface area contributed by atoms with E-state index in [2.05, 4.69) is 6.92 Å². The number of carbonyl (C=O) groups is 2. The maximum atomic E-state index is 12.3. The Morgan fingerprint density at radius 3 is 1.57 bits per heavy atom. The molecule has 2 N–H and O–H groups in total. The van der Waals surface area contributed by atoms with Crippen LogP contribution in [0.2, 0.25) is 0 Å². The lowest BCUT2D eigenvalue weighted by molar-refractivity contribution is -0.121. The first-order valence-corrected chi connectivity index (χ1v) is 17.1. The minimum atomic E-state index is -4.62. The highest BCUT2D eigenvalue weighted by Gasteiger charge is 2.35. The van der Waals surface area contributed by atoms with Crippen LogP contribution in [0.3, 0.4) is 0 Å². The molecule has 40 heavy (non-hydrogen) atoms. The maximum Gasteiger partial charge on any atom is 0.295 e. The summed E-state index contributed by atoms with van der Waals surface area (Å²) in [5, 5.41) is 10.4. The summed E-state index contributed by atoms with van der Waals surface area (Å²) in [5.74, 6) is -1.40. The Labute approximate surface area is 242 Å². The van der Waals surface area contributed by atoms with Crippen molar-refractivity contribution in [2.24, 2.45) is 0 Å². The Morgan fingerprint density at radius 2 is 1.15 bits per heavy atom. The van der Waals surface area contributed by atoms with E-state index in [1.807, 2.05) is 0 Å². The Bertz CT molecular complexity index is 1030. The fraction of sp³-hybridized carbons (Fsp3) is 0.688. The summed E-state index contributed by atoms with van der Waals surface area (Å²) in [4.78, 5) is 24.9. The Kier molecular flexibility index (Phi) is 16.2. The van der Waals surface area contributed by atoms with Gasteiger partial charge in [-0.15, -0.1) is 0 Å². The number of nitrogens with zero attached hydrogens (tertiary/aromatic N) is 1. The molecular formula is C32H51NO6S. The van der Waals surface area contributed by atoms with Gasteiger partial charge in [0.25, 0.3) is 10.1 Å². The summed E-state index contributed by atoms with van der Waals surface area (Å²) >= 11 is 0. The highest BCUT2D eigenvalue weighted by Crippen LogP contribution is 2.39. The van der Waals surface area contributed by atoms with E-state index in [1.165, 1.54) is 102 Å². The van der Waals surface area contributed by atoms with E-state index in [4.69, 9.17) is 0 Å². The molecule has 1 heterocycles. The van der Waals surface area contributed by atoms with E-state index in [1.54, 1.807) is 6.08 Å². The highest BCUT2D eigenvalue weighted by atomic mass is 32.2. The first-order chi connectivity index (χ1) is 19.3. The zero-order valence-electron chi connectivity index (χ0n) is 24.5. The van der Waals surface area contributed by atoms with Gasteiger partial charge in [0.1, 0.15) is 16.3 Å². The van der Waals surface area contributed by atoms with E-state index in [9.17, 15) is 27.7 Å². The molecule has 0 radical (unpaired) electrons. The largest absolute Gasteiger partial charge is 0.506 e. The van der Waals surface area contributed by atoms with Gasteiger partial charge in [-0.3, -0.25) is 14.1 Å². The van der Waals surface area contributed by atoms with Crippen molar-refractivity contribution in [3.63, 3.8) is 0 Å². The average Bonchev–Trinajstić information content (AvgIpc) is 3.24. The average molecular weight is 578 g/mol. The molecule has 1 aromatic rings. The molecule has 0 bridgehead atoms. The van der Waals surface area contributed by atoms with Gasteiger partial charge >= 0.3 is 0 Å². The molecule has 1 aliphatic heterocycles. The zero-order chi connectivity index (χ0) is 29.2. The summed E-state index contributed by atoms with van der Waals surface area (Å²) in [6, 6.07) is 2.15. The van der Waals surface area contributed by atoms with Crippen LogP contribution < -0.4 is 4.90 Å². The number of rotatable bonds is 22. The van der Waals surface area contributed by atoms with Crippen LogP contribution in [0.5, 0.6) is 5.75 Å². The molecule has 1 saturated heterocycles. The van der Waals surface area contributed by atoms with Gasteiger partial charge in [-0.1, -0.05) is 128 Å². The third-order valence-electron chi connectivity index (χ3n) is 7.72. The van der Waals surface area contributed by atoms with Crippen molar-refractivity contribution in [2.45, 2.75) is 147 Å². The molecule has 0 spiro atoms. The number of phenolic OH excluding ortho intramolecular Hbond substituents is 1. The van der Waals surface area contributed by atoms with Crippen molar-refractivity contribution in [2.75, 3.05) is 4.90 Å². The van der Waals surface area contributed by atoms with E-state index >= 15 is 0 Å². The third kappa shape index (κ3) is 12.1. The predicted octanol–water partition coefficient (Wildman–Crippen LogP) is 8.74. The molecule has 1 aliphatic rings. The molecule has 0 aromatic heterocycles. The number of phenols is 1. The smallest absolute Gasteiger partial charge is 0.295 e. The number of hydrogen-bond donors (Lipinski definition) is 2. The van der Waals surface area contributed by atoms with Crippen molar-refractivity contribution >= 4 is 33.7 Å². The lowest BCUT2D eigenvalue weighted by atomic mass is 10.0. The van der Waals surface area contributed by atoms with Gasteiger partial charge in [-0.2, -0.15) is 8.42 Å². The van der Waals surface area contributed by atoms with E-state index in [0.29, 0.717) is 6.42 Å². The molecule has 7 nitrogen and oxygen atoms in total. The number of benzene rings is 1. The van der Waals surface area contributed by atoms with Crippen molar-refractivity contribution in [3.8, 4) is 5.75 Å². The topological polar surface area (TPSA) is 112 Å². The molecule has 0 unspecified atom stereocenters. The molecule has 2 rings (SSSR count). The number of allylic oxidation sites excluding steroid dienone is 1. The second-order valence-corrected chi connectivity index (χ2v) is 12.5. The van der Waals surface area contributed by atoms with Crippen molar-refractivity contribution < 1.29 is 27.7 Å². The van der Waals surface area contributed by atoms with Crippen LogP contribution in [-0.2, 0) is 19.7 Å². The molecule has 0 atom stereocenters. The van der Waals surface area contributed by atoms with Crippen molar-refractivity contribution in [1.29, 1.82) is 0 Å². The number of carbonyl (C=O) groups excluding carboxylic acids is 2. The molecule has 226 valence electrons. The number of anilines is 1. The SMILES string of the molecule is CCCCCCCCCCCCCCCCCCCC/C=C/c1c(S(=O)(=O)O)ccc(O)c1N1C(=O)CCC1=O. The fourth-order valence-electron chi connectivity index (χ4n) is 5.39. The Hall–Kier alpha value is -2.19. The third-order valence-corrected chi connectivity index (χ3v) is 8.63. The summed E-state index contributed by atoms with van der Waals surface area (Å²) in [6.07, 6.45) is 27.4. The molecule has 0 aliphatic carbocycles. The molecule has 1 fully saturated rings. The van der Waals surface area contributed by atoms with E-state index in [-0.39, 0.29) is 29.8 Å². The number of hydrogen-bond acceptors (Lipinski definition) is 5. The first kappa shape index (κ1) is 34.0. The van der Waals surface area contributed by atoms with Gasteiger partial charge in [0.05, 0.1) is 0 Å². The van der Waals surface area contributed by atoms with Crippen LogP contribution >= 0.6 is 0 Å². The van der Waals surface area contributed by atoms with Crippen LogP contribution in [0.4, 0.5) is 5.69 Å². The number of unbranched alkanes of at least 4 members (excludes halogenated alkanes) is 18. The van der Waals surface area contributed by atoms with Crippen LogP contribution in [0.15, 0.2) is 23.1 Å². The summed E-state index contributed by atoms with van der Waals surface area (Å²) < 4.78 is 33.6. The fourth-order valence-corrected chi connectivity index (χ4v) is 6.07. The molecule has 0 saturated carbocycles. The van der Waals surface area contributed by atoms with Crippen LogP contribution in [0.1, 0.15) is 147 Å². The van der Waals surface area contributed by atoms with Gasteiger partial charge in [-0.25, -0.2) is 4.90 Å². The number of aromatic hydroxyl groups is 1. The van der Waals surface area contributed by atoms with Crippen LogP contribution in [0, 0.1) is 0 Å². The normalized spacial score (nSPS) is 14.2. The minimum Gasteiger partial charge on any atom is -0.506 e. The van der Waals surface area contributed by atoms with E-state index < -0.39 is 26.8 Å². The second-order valence-electron chi connectivity index (χ2n) is 11.1. The highest BCUT2D eigenvalue weighted by molar-refractivity contribution is 7.86. The predicted molar refractivity (Wildman–Crippen MR) is 162 cm³/mol. The quantitative estimate of drug-likeness (QED) is 0.0809. The zero-order valence-corrected chi connectivity index (χ0v) is 25.4. The minimum absolute atomic E-state index is 0.00314. The lowest BCUT2D eigenvalue weighted by Crippen LogP contribution is -2.29. The van der Waals surface area contributed by atoms with Gasteiger partial charge in [0.15, 0.2) is 0 Å². The molecule has 8 heteroatoms. The van der Waals surface area contributed by atoms with E-state index in [0.717, 1.165) is 36.3 Å². The van der Waals surface area contributed by atoms with Gasteiger partial charge in [-0.05, 0) is 25.0 Å². The number of amides is 2. The van der Waals surface area contributed by atoms with Crippen molar-refractivity contribution in [3.05, 3.63) is 23.8 Å². The monoisotopic (exact) mass is 577 g/mol. The van der Waals surface area contributed by atoms with Gasteiger partial charge < -0.3 is 5.11 Å².